The summed E-state index contributed by atoms with van der Waals surface area (Å²) in [5.41, 5.74) is 2.31. The standard InChI is InChI=1S/C16H23N5O2/c1-19(2)11-15(22)14-8-13-10-20(6-3-7-21(13)18-14)16(23)12-4-5-17-9-12/h4-5,8-9,15,17,22H,3,6-7,10-11H2,1-2H3/t15-/m0/s1. The molecule has 7 heteroatoms. The van der Waals surface area contributed by atoms with Crippen LogP contribution in [0.3, 0.4) is 0 Å². The van der Waals surface area contributed by atoms with E-state index in [1.807, 2.05) is 34.6 Å². The second-order valence-corrected chi connectivity index (χ2v) is 6.24. The molecule has 0 aromatic carbocycles. The van der Waals surface area contributed by atoms with Gasteiger partial charge in [-0.25, -0.2) is 0 Å². The van der Waals surface area contributed by atoms with Crippen LogP contribution in [0, 0.1) is 0 Å². The van der Waals surface area contributed by atoms with Gasteiger partial charge >= 0.3 is 0 Å². The maximum atomic E-state index is 12.5. The minimum Gasteiger partial charge on any atom is -0.385 e. The third-order valence-corrected chi connectivity index (χ3v) is 4.04. The van der Waals surface area contributed by atoms with Crippen LogP contribution in [0.15, 0.2) is 24.5 Å². The fourth-order valence-corrected chi connectivity index (χ4v) is 2.90. The molecule has 3 heterocycles. The van der Waals surface area contributed by atoms with Gasteiger partial charge in [-0.05, 0) is 32.6 Å². The van der Waals surface area contributed by atoms with Crippen molar-refractivity contribution in [1.82, 2.24) is 24.6 Å². The van der Waals surface area contributed by atoms with Crippen LogP contribution < -0.4 is 0 Å². The number of amides is 1. The molecule has 0 spiro atoms. The summed E-state index contributed by atoms with van der Waals surface area (Å²) in [6.45, 7) is 2.53. The van der Waals surface area contributed by atoms with Gasteiger partial charge in [0.25, 0.3) is 5.91 Å². The van der Waals surface area contributed by atoms with Gasteiger partial charge < -0.3 is 19.9 Å². The van der Waals surface area contributed by atoms with Gasteiger partial charge in [0.05, 0.1) is 23.5 Å². The quantitative estimate of drug-likeness (QED) is 0.876. The van der Waals surface area contributed by atoms with E-state index < -0.39 is 6.10 Å². The fourth-order valence-electron chi connectivity index (χ4n) is 2.90. The van der Waals surface area contributed by atoms with E-state index in [0.717, 1.165) is 18.7 Å². The summed E-state index contributed by atoms with van der Waals surface area (Å²) in [5, 5.41) is 14.7. The number of aromatic amines is 1. The molecule has 1 aliphatic rings. The number of aliphatic hydroxyl groups is 1. The van der Waals surface area contributed by atoms with Crippen LogP contribution in [-0.4, -0.2) is 62.8 Å². The largest absolute Gasteiger partial charge is 0.385 e. The van der Waals surface area contributed by atoms with Crippen LogP contribution in [0.25, 0.3) is 0 Å². The van der Waals surface area contributed by atoms with Crippen molar-refractivity contribution >= 4 is 5.91 Å². The Morgan fingerprint density at radius 2 is 2.30 bits per heavy atom. The molecule has 2 aromatic rings. The first-order valence-electron chi connectivity index (χ1n) is 7.86. The molecule has 1 amide bonds. The van der Waals surface area contributed by atoms with Crippen molar-refractivity contribution < 1.29 is 9.90 Å². The number of fused-ring (bicyclic) bond motifs is 1. The van der Waals surface area contributed by atoms with E-state index >= 15 is 0 Å². The second kappa shape index (κ2) is 6.55. The zero-order valence-corrected chi connectivity index (χ0v) is 13.6. The Bertz CT molecular complexity index is 662. The van der Waals surface area contributed by atoms with E-state index in [-0.39, 0.29) is 5.91 Å². The van der Waals surface area contributed by atoms with Crippen LogP contribution in [0.2, 0.25) is 0 Å². The van der Waals surface area contributed by atoms with E-state index in [0.29, 0.717) is 30.9 Å². The summed E-state index contributed by atoms with van der Waals surface area (Å²) in [6.07, 6.45) is 3.72. The minimum atomic E-state index is -0.613. The molecule has 0 saturated carbocycles. The number of carbonyl (C=O) groups excluding carboxylic acids is 1. The Hall–Kier alpha value is -2.12. The predicted octanol–water partition coefficient (Wildman–Crippen LogP) is 0.852. The van der Waals surface area contributed by atoms with Crippen molar-refractivity contribution in [2.45, 2.75) is 25.6 Å². The Kier molecular flexibility index (Phi) is 4.49. The lowest BCUT2D eigenvalue weighted by Crippen LogP contribution is -2.30. The molecule has 124 valence electrons. The summed E-state index contributed by atoms with van der Waals surface area (Å²) in [6, 6.07) is 3.70. The number of aromatic nitrogens is 3. The molecule has 2 aromatic heterocycles. The van der Waals surface area contributed by atoms with Crippen molar-refractivity contribution in [2.75, 3.05) is 27.2 Å². The third kappa shape index (κ3) is 3.46. The van der Waals surface area contributed by atoms with Crippen molar-refractivity contribution in [3.8, 4) is 0 Å². The molecule has 0 fully saturated rings. The van der Waals surface area contributed by atoms with Crippen LogP contribution in [0.4, 0.5) is 0 Å². The molecule has 0 bridgehead atoms. The fraction of sp³-hybridized carbons (Fsp3) is 0.500. The normalized spacial score (nSPS) is 16.3. The highest BCUT2D eigenvalue weighted by Crippen LogP contribution is 2.19. The lowest BCUT2D eigenvalue weighted by atomic mass is 10.2. The Morgan fingerprint density at radius 1 is 1.48 bits per heavy atom. The van der Waals surface area contributed by atoms with E-state index in [9.17, 15) is 9.90 Å². The first-order valence-corrected chi connectivity index (χ1v) is 7.86. The molecule has 3 rings (SSSR count). The highest BCUT2D eigenvalue weighted by molar-refractivity contribution is 5.94. The molecule has 1 aliphatic heterocycles. The van der Waals surface area contributed by atoms with Crippen molar-refractivity contribution in [3.05, 3.63) is 41.5 Å². The smallest absolute Gasteiger partial charge is 0.255 e. The van der Waals surface area contributed by atoms with Gasteiger partial charge in [-0.3, -0.25) is 9.48 Å². The van der Waals surface area contributed by atoms with Gasteiger partial charge in [0, 0.05) is 32.0 Å². The number of carbonyl (C=O) groups is 1. The van der Waals surface area contributed by atoms with E-state index in [4.69, 9.17) is 0 Å². The summed E-state index contributed by atoms with van der Waals surface area (Å²) < 4.78 is 1.92. The van der Waals surface area contributed by atoms with E-state index in [2.05, 4.69) is 10.1 Å². The number of hydrogen-bond donors (Lipinski definition) is 2. The molecule has 7 nitrogen and oxygen atoms in total. The van der Waals surface area contributed by atoms with Crippen LogP contribution >= 0.6 is 0 Å². The number of nitrogens with one attached hydrogen (secondary N) is 1. The number of aliphatic hydroxyl groups excluding tert-OH is 1. The van der Waals surface area contributed by atoms with Crippen molar-refractivity contribution in [1.29, 1.82) is 0 Å². The molecular formula is C16H23N5O2. The number of likely N-dealkylation sites (N-methyl/N-ethyl adjacent to an activating group) is 1. The monoisotopic (exact) mass is 317 g/mol. The SMILES string of the molecule is CN(C)C[C@H](O)c1cc2n(n1)CCCN(C(=O)c1cc[nH]c1)C2. The zero-order chi connectivity index (χ0) is 16.4. The first-order chi connectivity index (χ1) is 11.0. The Balaban J connectivity index is 1.77. The maximum Gasteiger partial charge on any atom is 0.255 e. The Morgan fingerprint density at radius 3 is 3.00 bits per heavy atom. The number of aryl methyl sites for hydroxylation is 1. The van der Waals surface area contributed by atoms with Crippen LogP contribution in [0.5, 0.6) is 0 Å². The Labute approximate surface area is 135 Å². The van der Waals surface area contributed by atoms with Gasteiger partial charge in [0.2, 0.25) is 0 Å². The number of rotatable bonds is 4. The molecule has 0 saturated heterocycles. The van der Waals surface area contributed by atoms with Crippen LogP contribution in [-0.2, 0) is 13.1 Å². The topological polar surface area (TPSA) is 77.4 Å². The maximum absolute atomic E-state index is 12.5. The van der Waals surface area contributed by atoms with Gasteiger partial charge in [-0.1, -0.05) is 0 Å². The van der Waals surface area contributed by atoms with E-state index in [1.165, 1.54) is 0 Å². The van der Waals surface area contributed by atoms with Crippen molar-refractivity contribution in [2.24, 2.45) is 0 Å². The molecule has 0 radical (unpaired) electrons. The summed E-state index contributed by atoms with van der Waals surface area (Å²) in [4.78, 5) is 19.2. The molecule has 23 heavy (non-hydrogen) atoms. The first kappa shape index (κ1) is 15.8. The highest BCUT2D eigenvalue weighted by Gasteiger charge is 2.23. The van der Waals surface area contributed by atoms with Gasteiger partial charge in [-0.15, -0.1) is 0 Å². The summed E-state index contributed by atoms with van der Waals surface area (Å²) in [7, 11) is 3.84. The summed E-state index contributed by atoms with van der Waals surface area (Å²) >= 11 is 0. The molecular weight excluding hydrogens is 294 g/mol. The van der Waals surface area contributed by atoms with Crippen LogP contribution in [0.1, 0.15) is 34.3 Å². The average molecular weight is 317 g/mol. The molecule has 0 aliphatic carbocycles. The molecule has 0 unspecified atom stereocenters. The third-order valence-electron chi connectivity index (χ3n) is 4.04. The van der Waals surface area contributed by atoms with Gasteiger partial charge in [0.15, 0.2) is 0 Å². The number of H-pyrrole nitrogens is 1. The molecule has 2 N–H and O–H groups in total. The van der Waals surface area contributed by atoms with E-state index in [1.54, 1.807) is 18.5 Å². The predicted molar refractivity (Wildman–Crippen MR) is 85.9 cm³/mol. The highest BCUT2D eigenvalue weighted by atomic mass is 16.3. The average Bonchev–Trinajstić information content (AvgIpc) is 3.12. The van der Waals surface area contributed by atoms with Crippen molar-refractivity contribution in [3.63, 3.8) is 0 Å². The van der Waals surface area contributed by atoms with Gasteiger partial charge in [-0.2, -0.15) is 5.10 Å². The number of hydrogen-bond acceptors (Lipinski definition) is 4. The lowest BCUT2D eigenvalue weighted by molar-refractivity contribution is 0.0746. The molecule has 1 atom stereocenters. The zero-order valence-electron chi connectivity index (χ0n) is 13.6. The lowest BCUT2D eigenvalue weighted by Gasteiger charge is -2.19. The minimum absolute atomic E-state index is 0.0243. The number of nitrogens with zero attached hydrogens (tertiary/aromatic N) is 4. The summed E-state index contributed by atoms with van der Waals surface area (Å²) in [5.74, 6) is 0.0243. The van der Waals surface area contributed by atoms with Gasteiger partial charge in [0.1, 0.15) is 6.10 Å². The second-order valence-electron chi connectivity index (χ2n) is 6.24.